The fourth-order valence-electron chi connectivity index (χ4n) is 2.21. The second-order valence-electron chi connectivity index (χ2n) is 5.36. The molecular weight excluding hydrogens is 246 g/mol. The molecule has 1 fully saturated rings. The first-order valence-electron chi connectivity index (χ1n) is 6.59. The predicted octanol–water partition coefficient (Wildman–Crippen LogP) is 2.43. The van der Waals surface area contributed by atoms with Crippen LogP contribution in [0.15, 0.2) is 5.38 Å². The molecule has 2 rings (SSSR count). The van der Waals surface area contributed by atoms with E-state index >= 15 is 0 Å². The van der Waals surface area contributed by atoms with Gasteiger partial charge in [0.15, 0.2) is 5.13 Å². The zero-order valence-electron chi connectivity index (χ0n) is 11.7. The number of nitrogens with zero attached hydrogens (tertiary/aromatic N) is 2. The number of rotatable bonds is 4. The van der Waals surface area contributed by atoms with Crippen LogP contribution >= 0.6 is 11.3 Å². The van der Waals surface area contributed by atoms with Crippen molar-refractivity contribution in [3.05, 3.63) is 11.1 Å². The first-order valence-corrected chi connectivity index (χ1v) is 7.47. The largest absolute Gasteiger partial charge is 0.372 e. The molecule has 2 heterocycles. The summed E-state index contributed by atoms with van der Waals surface area (Å²) in [7, 11) is 0. The third kappa shape index (κ3) is 3.22. The van der Waals surface area contributed by atoms with E-state index in [0.29, 0.717) is 6.04 Å². The molecule has 1 aliphatic rings. The normalized spacial score (nSPS) is 21.0. The maximum atomic E-state index is 5.73. The molecule has 1 N–H and O–H groups in total. The van der Waals surface area contributed by atoms with Crippen molar-refractivity contribution in [2.45, 2.75) is 39.3 Å². The Balaban J connectivity index is 2.05. The summed E-state index contributed by atoms with van der Waals surface area (Å²) in [6.07, 6.45) is 0. The second kappa shape index (κ2) is 5.55. The van der Waals surface area contributed by atoms with Crippen molar-refractivity contribution in [1.29, 1.82) is 0 Å². The Bertz CT molecular complexity index is 391. The van der Waals surface area contributed by atoms with Crippen LogP contribution in [-0.2, 0) is 4.74 Å². The maximum absolute atomic E-state index is 5.73. The van der Waals surface area contributed by atoms with E-state index in [-0.39, 0.29) is 5.60 Å². The molecule has 0 amide bonds. The van der Waals surface area contributed by atoms with Crippen LogP contribution in [0.25, 0.3) is 0 Å². The zero-order valence-corrected chi connectivity index (χ0v) is 12.5. The smallest absolute Gasteiger partial charge is 0.185 e. The van der Waals surface area contributed by atoms with Crippen LogP contribution in [0, 0.1) is 0 Å². The highest BCUT2D eigenvalue weighted by Crippen LogP contribution is 2.27. The van der Waals surface area contributed by atoms with E-state index in [2.05, 4.69) is 43.3 Å². The van der Waals surface area contributed by atoms with Crippen LogP contribution < -0.4 is 10.2 Å². The molecule has 1 aromatic heterocycles. The minimum absolute atomic E-state index is 0.0721. The van der Waals surface area contributed by atoms with Gasteiger partial charge in [0, 0.05) is 24.5 Å². The summed E-state index contributed by atoms with van der Waals surface area (Å²) < 4.78 is 5.73. The fraction of sp³-hybridized carbons (Fsp3) is 0.769. The van der Waals surface area contributed by atoms with Gasteiger partial charge in [-0.3, -0.25) is 0 Å². The summed E-state index contributed by atoms with van der Waals surface area (Å²) in [6, 6.07) is 0.328. The van der Waals surface area contributed by atoms with E-state index in [0.717, 1.165) is 37.1 Å². The summed E-state index contributed by atoms with van der Waals surface area (Å²) in [5.74, 6) is 0. The molecule has 1 unspecified atom stereocenters. The fourth-order valence-corrected chi connectivity index (χ4v) is 3.16. The lowest BCUT2D eigenvalue weighted by molar-refractivity contribution is -0.0277. The zero-order chi connectivity index (χ0) is 13.2. The number of morpholine rings is 1. The van der Waals surface area contributed by atoms with E-state index in [1.807, 2.05) is 0 Å². The molecule has 1 atom stereocenters. The highest BCUT2D eigenvalue weighted by molar-refractivity contribution is 7.13. The van der Waals surface area contributed by atoms with E-state index in [4.69, 9.17) is 9.72 Å². The molecular formula is C13H23N3OS. The Hall–Kier alpha value is -0.650. The van der Waals surface area contributed by atoms with Gasteiger partial charge in [-0.15, -0.1) is 11.3 Å². The van der Waals surface area contributed by atoms with Crippen molar-refractivity contribution in [2.24, 2.45) is 0 Å². The molecule has 1 aromatic rings. The van der Waals surface area contributed by atoms with Crippen LogP contribution in [0.5, 0.6) is 0 Å². The minimum Gasteiger partial charge on any atom is -0.372 e. The van der Waals surface area contributed by atoms with Crippen molar-refractivity contribution < 1.29 is 4.74 Å². The van der Waals surface area contributed by atoms with E-state index in [9.17, 15) is 0 Å². The Labute approximate surface area is 113 Å². The summed E-state index contributed by atoms with van der Waals surface area (Å²) >= 11 is 1.73. The molecule has 5 heteroatoms. The average Bonchev–Trinajstić information content (AvgIpc) is 2.77. The number of thiazole rings is 1. The molecule has 0 spiro atoms. The van der Waals surface area contributed by atoms with E-state index in [1.165, 1.54) is 0 Å². The van der Waals surface area contributed by atoms with Gasteiger partial charge in [-0.2, -0.15) is 0 Å². The average molecular weight is 269 g/mol. The van der Waals surface area contributed by atoms with Gasteiger partial charge in [-0.05, 0) is 27.3 Å². The lowest BCUT2D eigenvalue weighted by atomic mass is 10.1. The first-order chi connectivity index (χ1) is 8.52. The second-order valence-corrected chi connectivity index (χ2v) is 6.20. The molecule has 102 valence electrons. The van der Waals surface area contributed by atoms with Crippen LogP contribution in [0.1, 0.15) is 39.4 Å². The minimum atomic E-state index is -0.0721. The molecule has 0 bridgehead atoms. The molecule has 0 aliphatic carbocycles. The van der Waals surface area contributed by atoms with Gasteiger partial charge in [0.05, 0.1) is 17.9 Å². The molecule has 4 nitrogen and oxygen atoms in total. The summed E-state index contributed by atoms with van der Waals surface area (Å²) in [6.45, 7) is 12.1. The Morgan fingerprint density at radius 2 is 2.39 bits per heavy atom. The summed E-state index contributed by atoms with van der Waals surface area (Å²) in [5.41, 5.74) is 1.07. The molecule has 1 aliphatic heterocycles. The van der Waals surface area contributed by atoms with Gasteiger partial charge in [0.25, 0.3) is 0 Å². The Kier molecular flexibility index (Phi) is 4.25. The van der Waals surface area contributed by atoms with Crippen molar-refractivity contribution in [1.82, 2.24) is 10.3 Å². The monoisotopic (exact) mass is 269 g/mol. The van der Waals surface area contributed by atoms with Gasteiger partial charge in [-0.1, -0.05) is 6.92 Å². The molecule has 0 aromatic carbocycles. The number of hydrogen-bond acceptors (Lipinski definition) is 5. The molecule has 0 radical (unpaired) electrons. The third-order valence-electron chi connectivity index (χ3n) is 3.16. The number of anilines is 1. The van der Waals surface area contributed by atoms with E-state index < -0.39 is 0 Å². The van der Waals surface area contributed by atoms with Crippen molar-refractivity contribution >= 4 is 16.5 Å². The number of nitrogens with one attached hydrogen (secondary N) is 1. The number of aromatic nitrogens is 1. The molecule has 18 heavy (non-hydrogen) atoms. The van der Waals surface area contributed by atoms with Crippen molar-refractivity contribution in [2.75, 3.05) is 31.1 Å². The standard InChI is InChI=1S/C13H23N3OS/c1-5-14-10(2)11-8-18-12(15-11)16-6-7-17-13(3,4)9-16/h8,10,14H,5-7,9H2,1-4H3. The Morgan fingerprint density at radius 1 is 1.61 bits per heavy atom. The summed E-state index contributed by atoms with van der Waals surface area (Å²) in [5, 5.41) is 6.67. The highest BCUT2D eigenvalue weighted by Gasteiger charge is 2.28. The molecule has 0 saturated carbocycles. The van der Waals surface area contributed by atoms with Crippen molar-refractivity contribution in [3.8, 4) is 0 Å². The van der Waals surface area contributed by atoms with Crippen LogP contribution in [0.2, 0.25) is 0 Å². The highest BCUT2D eigenvalue weighted by atomic mass is 32.1. The lowest BCUT2D eigenvalue weighted by Crippen LogP contribution is -2.48. The first kappa shape index (κ1) is 13.8. The maximum Gasteiger partial charge on any atom is 0.185 e. The summed E-state index contributed by atoms with van der Waals surface area (Å²) in [4.78, 5) is 7.07. The third-order valence-corrected chi connectivity index (χ3v) is 4.08. The van der Waals surface area contributed by atoms with Gasteiger partial charge < -0.3 is 15.0 Å². The molecule has 1 saturated heterocycles. The number of ether oxygens (including phenoxy) is 1. The van der Waals surface area contributed by atoms with Gasteiger partial charge in [0.2, 0.25) is 0 Å². The number of hydrogen-bond donors (Lipinski definition) is 1. The van der Waals surface area contributed by atoms with Gasteiger partial charge in [0.1, 0.15) is 0 Å². The quantitative estimate of drug-likeness (QED) is 0.911. The van der Waals surface area contributed by atoms with Crippen LogP contribution in [-0.4, -0.2) is 36.8 Å². The van der Waals surface area contributed by atoms with Crippen molar-refractivity contribution in [3.63, 3.8) is 0 Å². The lowest BCUT2D eigenvalue weighted by Gasteiger charge is -2.38. The predicted molar refractivity (Wildman–Crippen MR) is 76.4 cm³/mol. The van der Waals surface area contributed by atoms with Crippen LogP contribution in [0.3, 0.4) is 0 Å². The van der Waals surface area contributed by atoms with Gasteiger partial charge >= 0.3 is 0 Å². The Morgan fingerprint density at radius 3 is 3.06 bits per heavy atom. The SMILES string of the molecule is CCNC(C)c1csc(N2CCOC(C)(C)C2)n1. The van der Waals surface area contributed by atoms with Crippen LogP contribution in [0.4, 0.5) is 5.13 Å². The van der Waals surface area contributed by atoms with Gasteiger partial charge in [-0.25, -0.2) is 4.98 Å². The topological polar surface area (TPSA) is 37.4 Å². The van der Waals surface area contributed by atoms with E-state index in [1.54, 1.807) is 11.3 Å².